The second kappa shape index (κ2) is 3.56. The molecule has 2 amide bonds. The van der Waals surface area contributed by atoms with Gasteiger partial charge < -0.3 is 5.32 Å². The largest absolute Gasteiger partial charge is 0.302 e. The van der Waals surface area contributed by atoms with Gasteiger partial charge in [0.05, 0.1) is 12.5 Å². The lowest BCUT2D eigenvalue weighted by atomic mass is 9.68. The van der Waals surface area contributed by atoms with Crippen molar-refractivity contribution < 1.29 is 9.59 Å². The zero-order chi connectivity index (χ0) is 13.1. The molecule has 2 saturated carbocycles. The van der Waals surface area contributed by atoms with E-state index in [0.29, 0.717) is 17.9 Å². The van der Waals surface area contributed by atoms with Crippen LogP contribution in [0.2, 0.25) is 0 Å². The molecule has 2 bridgehead atoms. The summed E-state index contributed by atoms with van der Waals surface area (Å²) in [5.74, 6) is 0.450. The first-order valence-corrected chi connectivity index (χ1v) is 6.93. The third kappa shape index (κ3) is 1.54. The van der Waals surface area contributed by atoms with E-state index in [9.17, 15) is 9.59 Å². The fraction of sp³-hybridized carbons (Fsp3) is 0.857. The van der Waals surface area contributed by atoms with Gasteiger partial charge in [-0.2, -0.15) is 0 Å². The van der Waals surface area contributed by atoms with Gasteiger partial charge >= 0.3 is 0 Å². The molecule has 3 aliphatic rings. The molecule has 1 saturated heterocycles. The van der Waals surface area contributed by atoms with Crippen molar-refractivity contribution in [3.8, 4) is 0 Å². The molecule has 4 unspecified atom stereocenters. The van der Waals surface area contributed by atoms with Gasteiger partial charge in [-0.3, -0.25) is 14.9 Å². The molecule has 4 nitrogen and oxygen atoms in total. The highest BCUT2D eigenvalue weighted by Gasteiger charge is 2.59. The molecule has 18 heavy (non-hydrogen) atoms. The van der Waals surface area contributed by atoms with Crippen molar-refractivity contribution in [3.05, 3.63) is 0 Å². The first-order valence-electron chi connectivity index (χ1n) is 6.93. The van der Waals surface area contributed by atoms with E-state index in [1.165, 1.54) is 19.3 Å². The summed E-state index contributed by atoms with van der Waals surface area (Å²) < 4.78 is 0. The van der Waals surface area contributed by atoms with Crippen LogP contribution in [0.25, 0.3) is 0 Å². The highest BCUT2D eigenvalue weighted by atomic mass is 16.2. The fourth-order valence-electron chi connectivity index (χ4n) is 4.61. The lowest BCUT2D eigenvalue weighted by Gasteiger charge is -2.44. The first kappa shape index (κ1) is 12.2. The molecule has 1 heterocycles. The monoisotopic (exact) mass is 250 g/mol. The van der Waals surface area contributed by atoms with Gasteiger partial charge in [-0.1, -0.05) is 20.8 Å². The molecule has 3 rings (SSSR count). The number of carbonyl (C=O) groups is 2. The maximum absolute atomic E-state index is 11.7. The van der Waals surface area contributed by atoms with E-state index in [0.717, 1.165) is 5.92 Å². The van der Waals surface area contributed by atoms with E-state index in [1.54, 1.807) is 0 Å². The van der Waals surface area contributed by atoms with E-state index in [1.807, 2.05) is 0 Å². The van der Waals surface area contributed by atoms with Crippen molar-refractivity contribution >= 4 is 11.8 Å². The molecule has 0 spiro atoms. The topological polar surface area (TPSA) is 58.2 Å². The fourth-order valence-corrected chi connectivity index (χ4v) is 4.61. The van der Waals surface area contributed by atoms with Gasteiger partial charge in [-0.15, -0.1) is 0 Å². The number of amides is 2. The van der Waals surface area contributed by atoms with Crippen LogP contribution in [-0.4, -0.2) is 23.9 Å². The summed E-state index contributed by atoms with van der Waals surface area (Å²) in [6, 6.07) is 0.0170. The third-order valence-corrected chi connectivity index (χ3v) is 5.61. The summed E-state index contributed by atoms with van der Waals surface area (Å²) >= 11 is 0. The minimum Gasteiger partial charge on any atom is -0.302 e. The van der Waals surface area contributed by atoms with Crippen molar-refractivity contribution in [2.45, 2.75) is 58.5 Å². The Morgan fingerprint density at radius 3 is 2.50 bits per heavy atom. The normalized spacial score (nSPS) is 45.6. The van der Waals surface area contributed by atoms with Gasteiger partial charge in [0.2, 0.25) is 11.8 Å². The molecule has 100 valence electrons. The molecule has 1 aliphatic heterocycles. The number of hydrogen-bond donors (Lipinski definition) is 2. The van der Waals surface area contributed by atoms with Crippen LogP contribution in [0.15, 0.2) is 0 Å². The molecule has 0 radical (unpaired) electrons. The molecule has 4 heteroatoms. The predicted octanol–water partition coefficient (Wildman–Crippen LogP) is 1.21. The van der Waals surface area contributed by atoms with E-state index in [4.69, 9.17) is 0 Å². The lowest BCUT2D eigenvalue weighted by Crippen LogP contribution is -2.55. The van der Waals surface area contributed by atoms with Crippen LogP contribution in [0, 0.1) is 16.7 Å². The Hall–Kier alpha value is -0.900. The Bertz CT molecular complexity index is 413. The molecule has 4 atom stereocenters. The second-order valence-electron chi connectivity index (χ2n) is 7.18. The van der Waals surface area contributed by atoms with Crippen molar-refractivity contribution in [1.29, 1.82) is 0 Å². The van der Waals surface area contributed by atoms with Crippen molar-refractivity contribution in [1.82, 2.24) is 10.6 Å². The summed E-state index contributed by atoms with van der Waals surface area (Å²) in [5.41, 5.74) is 0.513. The highest BCUT2D eigenvalue weighted by Crippen LogP contribution is 2.62. The number of rotatable bonds is 2. The predicted molar refractivity (Wildman–Crippen MR) is 67.7 cm³/mol. The molecule has 3 fully saturated rings. The minimum absolute atomic E-state index is 0.149. The molecule has 2 aliphatic carbocycles. The second-order valence-corrected chi connectivity index (χ2v) is 7.18. The molecule has 0 aromatic rings. The van der Waals surface area contributed by atoms with Gasteiger partial charge in [-0.05, 0) is 36.0 Å². The number of nitrogens with one attached hydrogen (secondary N) is 2. The summed E-state index contributed by atoms with van der Waals surface area (Å²) in [4.78, 5) is 23.0. The lowest BCUT2D eigenvalue weighted by molar-refractivity contribution is -0.125. The standard InChI is InChI=1S/C14H22N2O2/c1-13(2)8-4-5-14(3,7-8)12(13)15-9-6-10(17)16-11(9)18/h8-9,12,15H,4-7H2,1-3H3,(H,16,17,18). The number of carbonyl (C=O) groups excluding carboxylic acids is 2. The summed E-state index contributed by atoms with van der Waals surface area (Å²) in [7, 11) is 0. The number of hydrogen-bond acceptors (Lipinski definition) is 3. The zero-order valence-electron chi connectivity index (χ0n) is 11.4. The quantitative estimate of drug-likeness (QED) is 0.724. The molecular weight excluding hydrogens is 228 g/mol. The van der Waals surface area contributed by atoms with E-state index >= 15 is 0 Å². The van der Waals surface area contributed by atoms with E-state index in [-0.39, 0.29) is 23.3 Å². The smallest absolute Gasteiger partial charge is 0.244 e. The molecule has 0 aromatic carbocycles. The minimum atomic E-state index is -0.321. The number of fused-ring (bicyclic) bond motifs is 2. The van der Waals surface area contributed by atoms with Crippen LogP contribution >= 0.6 is 0 Å². The zero-order valence-corrected chi connectivity index (χ0v) is 11.4. The summed E-state index contributed by atoms with van der Waals surface area (Å²) in [5, 5.41) is 5.87. The van der Waals surface area contributed by atoms with Crippen LogP contribution in [-0.2, 0) is 9.59 Å². The van der Waals surface area contributed by atoms with Crippen molar-refractivity contribution in [3.63, 3.8) is 0 Å². The van der Waals surface area contributed by atoms with Crippen LogP contribution in [0.4, 0.5) is 0 Å². The highest BCUT2D eigenvalue weighted by molar-refractivity contribution is 6.05. The van der Waals surface area contributed by atoms with Crippen LogP contribution < -0.4 is 10.6 Å². The third-order valence-electron chi connectivity index (χ3n) is 5.61. The van der Waals surface area contributed by atoms with Gasteiger partial charge in [0.25, 0.3) is 0 Å². The Morgan fingerprint density at radius 2 is 2.00 bits per heavy atom. The number of imide groups is 1. The molecule has 2 N–H and O–H groups in total. The summed E-state index contributed by atoms with van der Waals surface area (Å²) in [6.07, 6.45) is 4.09. The maximum atomic E-state index is 11.7. The van der Waals surface area contributed by atoms with Gasteiger partial charge in [0, 0.05) is 6.04 Å². The Labute approximate surface area is 108 Å². The van der Waals surface area contributed by atoms with Gasteiger partial charge in [0.1, 0.15) is 0 Å². The Morgan fingerprint density at radius 1 is 1.28 bits per heavy atom. The average molecular weight is 250 g/mol. The average Bonchev–Trinajstić information content (AvgIpc) is 2.83. The Kier molecular flexibility index (Phi) is 2.40. The maximum Gasteiger partial charge on any atom is 0.244 e. The van der Waals surface area contributed by atoms with Crippen molar-refractivity contribution in [2.24, 2.45) is 16.7 Å². The first-order chi connectivity index (χ1) is 8.33. The SMILES string of the molecule is CC12CCC(C1)C(C)(C)C2NC1CC(=O)NC1=O. The van der Waals surface area contributed by atoms with Gasteiger partial charge in [-0.25, -0.2) is 0 Å². The Balaban J connectivity index is 1.80. The molecule has 0 aromatic heterocycles. The van der Waals surface area contributed by atoms with E-state index in [2.05, 4.69) is 31.4 Å². The van der Waals surface area contributed by atoms with Gasteiger partial charge in [0.15, 0.2) is 0 Å². The van der Waals surface area contributed by atoms with Crippen LogP contribution in [0.5, 0.6) is 0 Å². The van der Waals surface area contributed by atoms with Crippen molar-refractivity contribution in [2.75, 3.05) is 0 Å². The van der Waals surface area contributed by atoms with Crippen LogP contribution in [0.1, 0.15) is 46.5 Å². The van der Waals surface area contributed by atoms with Crippen LogP contribution in [0.3, 0.4) is 0 Å². The summed E-state index contributed by atoms with van der Waals surface area (Å²) in [6.45, 7) is 6.93. The van der Waals surface area contributed by atoms with E-state index < -0.39 is 0 Å². The molecular formula is C14H22N2O2.